The summed E-state index contributed by atoms with van der Waals surface area (Å²) in [6.45, 7) is 5.81. The van der Waals surface area contributed by atoms with Crippen molar-refractivity contribution < 1.29 is 38.9 Å². The van der Waals surface area contributed by atoms with Crippen molar-refractivity contribution >= 4 is 29.8 Å². The van der Waals surface area contributed by atoms with E-state index in [1.807, 2.05) is 0 Å². The molecule has 1 aliphatic rings. The van der Waals surface area contributed by atoms with Crippen molar-refractivity contribution in [3.05, 3.63) is 0 Å². The van der Waals surface area contributed by atoms with Crippen LogP contribution in [0.1, 0.15) is 27.7 Å². The summed E-state index contributed by atoms with van der Waals surface area (Å²) in [5, 5.41) is 18.0. The molecule has 1 rings (SSSR count). The summed E-state index contributed by atoms with van der Waals surface area (Å²) >= 11 is 0. The molecule has 25 heavy (non-hydrogen) atoms. The summed E-state index contributed by atoms with van der Waals surface area (Å²) in [5.41, 5.74) is -0.855. The van der Waals surface area contributed by atoms with Crippen LogP contribution in [0.4, 0.5) is 4.79 Å². The normalized spacial score (nSPS) is 19.1. The number of urea groups is 1. The number of carboxylic acid groups (broad SMARTS) is 2. The Kier molecular flexibility index (Phi) is 5.77. The van der Waals surface area contributed by atoms with E-state index in [1.165, 1.54) is 7.05 Å². The van der Waals surface area contributed by atoms with Crippen molar-refractivity contribution in [2.45, 2.75) is 39.3 Å². The molecule has 10 nitrogen and oxygen atoms in total. The van der Waals surface area contributed by atoms with Gasteiger partial charge in [-0.2, -0.15) is 0 Å². The van der Waals surface area contributed by atoms with Gasteiger partial charge in [-0.3, -0.25) is 14.4 Å². The van der Waals surface area contributed by atoms with Gasteiger partial charge in [-0.25, -0.2) is 14.5 Å². The highest BCUT2D eigenvalue weighted by Crippen LogP contribution is 2.24. The van der Waals surface area contributed by atoms with E-state index >= 15 is 0 Å². The van der Waals surface area contributed by atoms with Gasteiger partial charge < -0.3 is 19.8 Å². The molecule has 0 bridgehead atoms. The van der Waals surface area contributed by atoms with Crippen LogP contribution in [-0.4, -0.2) is 75.1 Å². The molecule has 1 fully saturated rings. The molecule has 2 N–H and O–H groups in total. The molecular weight excluding hydrogens is 336 g/mol. The molecule has 1 saturated heterocycles. The Balaban J connectivity index is 3.14. The summed E-state index contributed by atoms with van der Waals surface area (Å²) in [6, 6.07) is -2.09. The Morgan fingerprint density at radius 2 is 1.64 bits per heavy atom. The van der Waals surface area contributed by atoms with Gasteiger partial charge in [0.25, 0.3) is 0 Å². The molecule has 0 aromatic heterocycles. The van der Waals surface area contributed by atoms with Crippen LogP contribution in [0.5, 0.6) is 0 Å². The summed E-state index contributed by atoms with van der Waals surface area (Å²) in [4.78, 5) is 61.0. The predicted octanol–water partition coefficient (Wildman–Crippen LogP) is 0.0122. The van der Waals surface area contributed by atoms with Gasteiger partial charge >= 0.3 is 23.9 Å². The highest BCUT2D eigenvalue weighted by atomic mass is 16.6. The second kappa shape index (κ2) is 7.08. The van der Waals surface area contributed by atoms with Crippen LogP contribution >= 0.6 is 0 Å². The van der Waals surface area contributed by atoms with Crippen LogP contribution in [-0.2, 0) is 23.9 Å². The number of aliphatic carboxylic acids is 2. The predicted molar refractivity (Wildman–Crippen MR) is 82.4 cm³/mol. The highest BCUT2D eigenvalue weighted by molar-refractivity contribution is 6.05. The minimum Gasteiger partial charge on any atom is -0.481 e. The first-order valence-electron chi connectivity index (χ1n) is 7.54. The van der Waals surface area contributed by atoms with Gasteiger partial charge in [0.2, 0.25) is 5.91 Å². The molecule has 0 saturated carbocycles. The van der Waals surface area contributed by atoms with E-state index in [2.05, 4.69) is 0 Å². The number of carboxylic acids is 2. The third-order valence-electron chi connectivity index (χ3n) is 3.63. The first-order valence-corrected chi connectivity index (χ1v) is 7.54. The number of likely N-dealkylation sites (N-methyl/N-ethyl adjacent to an activating group) is 1. The van der Waals surface area contributed by atoms with Crippen molar-refractivity contribution in [1.82, 2.24) is 9.80 Å². The van der Waals surface area contributed by atoms with Crippen molar-refractivity contribution in [2.75, 3.05) is 13.6 Å². The Morgan fingerprint density at radius 3 is 2.04 bits per heavy atom. The largest absolute Gasteiger partial charge is 0.481 e. The standard InChI is InChI=1S/C15H22N2O8/c1-7(9(11(19)20)12(21)22)10(18)17-8(6-16(5)14(17)24)13(23)25-15(2,3)4/h7-9H,6H2,1-5H3,(H,19,20)(H,21,22)/t7-,8+/m1/s1. The number of ether oxygens (including phenoxy) is 1. The van der Waals surface area contributed by atoms with E-state index in [-0.39, 0.29) is 6.54 Å². The maximum absolute atomic E-state index is 12.6. The fraction of sp³-hybridized carbons (Fsp3) is 0.667. The lowest BCUT2D eigenvalue weighted by Gasteiger charge is -2.27. The third-order valence-corrected chi connectivity index (χ3v) is 3.63. The van der Waals surface area contributed by atoms with E-state index in [0.29, 0.717) is 4.90 Å². The van der Waals surface area contributed by atoms with E-state index in [4.69, 9.17) is 14.9 Å². The number of carbonyl (C=O) groups is 5. The molecular formula is C15H22N2O8. The van der Waals surface area contributed by atoms with Gasteiger partial charge in [0, 0.05) is 7.05 Å². The average Bonchev–Trinajstić information content (AvgIpc) is 2.71. The van der Waals surface area contributed by atoms with Crippen LogP contribution in [0.15, 0.2) is 0 Å². The number of rotatable bonds is 5. The molecule has 0 aliphatic carbocycles. The van der Waals surface area contributed by atoms with Gasteiger partial charge in [-0.1, -0.05) is 6.92 Å². The summed E-state index contributed by atoms with van der Waals surface area (Å²) < 4.78 is 5.19. The number of nitrogens with zero attached hydrogens (tertiary/aromatic N) is 2. The summed E-state index contributed by atoms with van der Waals surface area (Å²) in [7, 11) is 1.36. The van der Waals surface area contributed by atoms with Gasteiger partial charge in [0.05, 0.1) is 12.5 Å². The molecule has 0 aromatic carbocycles. The van der Waals surface area contributed by atoms with Gasteiger partial charge in [-0.05, 0) is 20.8 Å². The van der Waals surface area contributed by atoms with Crippen LogP contribution in [0.2, 0.25) is 0 Å². The number of esters is 1. The van der Waals surface area contributed by atoms with Crippen LogP contribution in [0, 0.1) is 11.8 Å². The van der Waals surface area contributed by atoms with Crippen molar-refractivity contribution in [1.29, 1.82) is 0 Å². The monoisotopic (exact) mass is 358 g/mol. The maximum atomic E-state index is 12.6. The fourth-order valence-electron chi connectivity index (χ4n) is 2.43. The summed E-state index contributed by atoms with van der Waals surface area (Å²) in [6.07, 6.45) is 0. The Labute approximate surface area is 144 Å². The molecule has 0 spiro atoms. The third kappa shape index (κ3) is 4.46. The van der Waals surface area contributed by atoms with Crippen LogP contribution in [0.25, 0.3) is 0 Å². The maximum Gasteiger partial charge on any atom is 0.331 e. The first-order chi connectivity index (χ1) is 11.3. The second-order valence-corrected chi connectivity index (χ2v) is 6.86. The number of carbonyl (C=O) groups excluding carboxylic acids is 3. The molecule has 0 radical (unpaired) electrons. The molecule has 1 aliphatic heterocycles. The van der Waals surface area contributed by atoms with Crippen LogP contribution in [0.3, 0.4) is 0 Å². The molecule has 140 valence electrons. The number of hydrogen-bond donors (Lipinski definition) is 2. The molecule has 3 amide bonds. The summed E-state index contributed by atoms with van der Waals surface area (Å²) in [5.74, 6) is -8.88. The minimum atomic E-state index is -2.04. The lowest BCUT2D eigenvalue weighted by atomic mass is 9.92. The molecule has 0 unspecified atom stereocenters. The molecule has 0 aromatic rings. The highest BCUT2D eigenvalue weighted by Gasteiger charge is 2.49. The SMILES string of the molecule is C[C@@H](C(=O)N1C(=O)N(C)C[C@H]1C(=O)OC(C)(C)C)C(C(=O)O)C(=O)O. The van der Waals surface area contributed by atoms with Gasteiger partial charge in [0.1, 0.15) is 5.60 Å². The Morgan fingerprint density at radius 1 is 1.16 bits per heavy atom. The van der Waals surface area contributed by atoms with E-state index in [0.717, 1.165) is 11.8 Å². The average molecular weight is 358 g/mol. The smallest absolute Gasteiger partial charge is 0.331 e. The number of imide groups is 1. The topological polar surface area (TPSA) is 142 Å². The van der Waals surface area contributed by atoms with E-state index < -0.39 is 53.3 Å². The lowest BCUT2D eigenvalue weighted by molar-refractivity contribution is -0.164. The molecule has 10 heteroatoms. The quantitative estimate of drug-likeness (QED) is 0.517. The number of hydrogen-bond acceptors (Lipinski definition) is 6. The second-order valence-electron chi connectivity index (χ2n) is 6.86. The first kappa shape index (κ1) is 20.4. The Bertz CT molecular complexity index is 595. The van der Waals surface area contributed by atoms with Gasteiger partial charge in [0.15, 0.2) is 12.0 Å². The fourth-order valence-corrected chi connectivity index (χ4v) is 2.43. The zero-order valence-electron chi connectivity index (χ0n) is 14.7. The van der Waals surface area contributed by atoms with E-state index in [9.17, 15) is 24.0 Å². The Hall–Kier alpha value is -2.65. The molecule has 2 atom stereocenters. The van der Waals surface area contributed by atoms with Crippen molar-refractivity contribution in [2.24, 2.45) is 11.8 Å². The zero-order valence-corrected chi connectivity index (χ0v) is 14.7. The van der Waals surface area contributed by atoms with Crippen molar-refractivity contribution in [3.8, 4) is 0 Å². The van der Waals surface area contributed by atoms with Crippen molar-refractivity contribution in [3.63, 3.8) is 0 Å². The zero-order chi connectivity index (χ0) is 19.7. The van der Waals surface area contributed by atoms with Gasteiger partial charge in [-0.15, -0.1) is 0 Å². The number of amides is 3. The minimum absolute atomic E-state index is 0.128. The molecule has 1 heterocycles. The lowest BCUT2D eigenvalue weighted by Crippen LogP contribution is -2.50. The van der Waals surface area contributed by atoms with Crippen LogP contribution < -0.4 is 0 Å². The van der Waals surface area contributed by atoms with E-state index in [1.54, 1.807) is 20.8 Å².